The van der Waals surface area contributed by atoms with Crippen molar-refractivity contribution in [2.45, 2.75) is 58.1 Å². The van der Waals surface area contributed by atoms with Gasteiger partial charge in [0.05, 0.1) is 0 Å². The summed E-state index contributed by atoms with van der Waals surface area (Å²) in [4.78, 5) is 25.1. The van der Waals surface area contributed by atoms with Crippen molar-refractivity contribution in [2.75, 3.05) is 11.1 Å². The van der Waals surface area contributed by atoms with Gasteiger partial charge in [0.15, 0.2) is 0 Å². The van der Waals surface area contributed by atoms with Crippen molar-refractivity contribution in [1.82, 2.24) is 5.32 Å². The molecule has 5 nitrogen and oxygen atoms in total. The summed E-state index contributed by atoms with van der Waals surface area (Å²) in [6.45, 7) is 5.41. The van der Waals surface area contributed by atoms with Gasteiger partial charge in [0.2, 0.25) is 0 Å². The standard InChI is InChI=1S/C20H26N2O3S/c1-20(2,3)25-19(24)22-17(15-9-10-26-12-15)18(23)21-16-8-7-13-5-4-6-14(13)11-16/h7-8,11-12,17H,4-6,9-10H2,1-3H3,(H,21,23)(H,22,24). The first-order valence-electron chi connectivity index (χ1n) is 9.04. The lowest BCUT2D eigenvalue weighted by Gasteiger charge is -2.24. The molecular formula is C20H26N2O3S. The van der Waals surface area contributed by atoms with Crippen molar-refractivity contribution >= 4 is 29.4 Å². The lowest BCUT2D eigenvalue weighted by Crippen LogP contribution is -2.46. The van der Waals surface area contributed by atoms with Gasteiger partial charge in [0.25, 0.3) is 5.91 Å². The molecule has 1 aromatic carbocycles. The van der Waals surface area contributed by atoms with E-state index in [2.05, 4.69) is 16.7 Å². The summed E-state index contributed by atoms with van der Waals surface area (Å²) in [6.07, 6.45) is 3.53. The highest BCUT2D eigenvalue weighted by atomic mass is 32.2. The fourth-order valence-electron chi connectivity index (χ4n) is 3.23. The number of anilines is 1. The van der Waals surface area contributed by atoms with E-state index in [0.717, 1.165) is 36.3 Å². The Balaban J connectivity index is 1.71. The third kappa shape index (κ3) is 4.81. The smallest absolute Gasteiger partial charge is 0.408 e. The molecule has 0 fully saturated rings. The molecule has 1 aromatic rings. The van der Waals surface area contributed by atoms with Gasteiger partial charge < -0.3 is 15.4 Å². The van der Waals surface area contributed by atoms with Gasteiger partial charge in [-0.15, -0.1) is 11.8 Å². The lowest BCUT2D eigenvalue weighted by atomic mass is 10.1. The molecule has 0 radical (unpaired) electrons. The summed E-state index contributed by atoms with van der Waals surface area (Å²) in [6, 6.07) is 5.35. The Morgan fingerprint density at radius 3 is 2.62 bits per heavy atom. The van der Waals surface area contributed by atoms with Crippen molar-refractivity contribution < 1.29 is 14.3 Å². The van der Waals surface area contributed by atoms with Gasteiger partial charge in [-0.1, -0.05) is 6.07 Å². The van der Waals surface area contributed by atoms with Crippen LogP contribution < -0.4 is 10.6 Å². The Morgan fingerprint density at radius 1 is 1.15 bits per heavy atom. The highest BCUT2D eigenvalue weighted by Crippen LogP contribution is 2.27. The van der Waals surface area contributed by atoms with Crippen molar-refractivity contribution in [2.24, 2.45) is 0 Å². The number of amides is 2. The second-order valence-electron chi connectivity index (χ2n) is 7.72. The van der Waals surface area contributed by atoms with Crippen molar-refractivity contribution in [3.63, 3.8) is 0 Å². The van der Waals surface area contributed by atoms with E-state index >= 15 is 0 Å². The van der Waals surface area contributed by atoms with E-state index in [1.807, 2.05) is 17.5 Å². The summed E-state index contributed by atoms with van der Waals surface area (Å²) in [5.41, 5.74) is 3.75. The van der Waals surface area contributed by atoms with E-state index in [9.17, 15) is 9.59 Å². The number of carbonyl (C=O) groups is 2. The zero-order valence-electron chi connectivity index (χ0n) is 15.6. The molecule has 0 saturated heterocycles. The molecule has 1 atom stereocenters. The fraction of sp³-hybridized carbons (Fsp3) is 0.500. The minimum Gasteiger partial charge on any atom is -0.444 e. The number of rotatable bonds is 4. The molecule has 1 unspecified atom stereocenters. The van der Waals surface area contributed by atoms with Crippen LogP contribution in [-0.2, 0) is 22.4 Å². The van der Waals surface area contributed by atoms with Crippen LogP contribution in [0.3, 0.4) is 0 Å². The first-order valence-corrected chi connectivity index (χ1v) is 10.1. The van der Waals surface area contributed by atoms with Crippen LogP contribution in [0.1, 0.15) is 44.7 Å². The third-order valence-corrected chi connectivity index (χ3v) is 5.31. The van der Waals surface area contributed by atoms with Crippen molar-refractivity contribution in [3.8, 4) is 0 Å². The maximum absolute atomic E-state index is 12.9. The molecular weight excluding hydrogens is 348 g/mol. The molecule has 2 amide bonds. The number of fused-ring (bicyclic) bond motifs is 1. The Kier molecular flexibility index (Phi) is 5.61. The van der Waals surface area contributed by atoms with E-state index in [0.29, 0.717) is 0 Å². The summed E-state index contributed by atoms with van der Waals surface area (Å²) >= 11 is 1.66. The van der Waals surface area contributed by atoms with E-state index in [1.54, 1.807) is 32.5 Å². The Morgan fingerprint density at radius 2 is 1.92 bits per heavy atom. The molecule has 1 aliphatic carbocycles. The quantitative estimate of drug-likeness (QED) is 0.835. The molecule has 2 N–H and O–H groups in total. The lowest BCUT2D eigenvalue weighted by molar-refractivity contribution is -0.117. The highest BCUT2D eigenvalue weighted by Gasteiger charge is 2.29. The van der Waals surface area contributed by atoms with Gasteiger partial charge in [-0.05, 0) is 80.7 Å². The highest BCUT2D eigenvalue weighted by molar-refractivity contribution is 8.02. The summed E-state index contributed by atoms with van der Waals surface area (Å²) in [5.74, 6) is 0.691. The summed E-state index contributed by atoms with van der Waals surface area (Å²) < 4.78 is 5.32. The normalized spacial score (nSPS) is 17.3. The van der Waals surface area contributed by atoms with Crippen molar-refractivity contribution in [3.05, 3.63) is 40.3 Å². The number of benzene rings is 1. The number of aryl methyl sites for hydroxylation is 2. The topological polar surface area (TPSA) is 67.4 Å². The second kappa shape index (κ2) is 7.74. The number of alkyl carbamates (subject to hydrolysis) is 1. The molecule has 26 heavy (non-hydrogen) atoms. The molecule has 1 heterocycles. The minimum absolute atomic E-state index is 0.234. The molecule has 0 saturated carbocycles. The van der Waals surface area contributed by atoms with Crippen LogP contribution in [0.2, 0.25) is 0 Å². The van der Waals surface area contributed by atoms with Gasteiger partial charge in [0, 0.05) is 11.4 Å². The van der Waals surface area contributed by atoms with Crippen LogP contribution in [0.15, 0.2) is 29.2 Å². The van der Waals surface area contributed by atoms with E-state index in [4.69, 9.17) is 4.74 Å². The van der Waals surface area contributed by atoms with Crippen LogP contribution >= 0.6 is 11.8 Å². The van der Waals surface area contributed by atoms with Gasteiger partial charge in [-0.3, -0.25) is 4.79 Å². The Bertz CT molecular complexity index is 737. The van der Waals surface area contributed by atoms with Gasteiger partial charge in [-0.25, -0.2) is 4.79 Å². The van der Waals surface area contributed by atoms with Gasteiger partial charge in [-0.2, -0.15) is 0 Å². The molecule has 0 spiro atoms. The number of hydrogen-bond acceptors (Lipinski definition) is 4. The first kappa shape index (κ1) is 18.8. The third-order valence-electron chi connectivity index (χ3n) is 4.40. The van der Waals surface area contributed by atoms with Crippen LogP contribution in [-0.4, -0.2) is 29.4 Å². The van der Waals surface area contributed by atoms with Crippen LogP contribution in [0.25, 0.3) is 0 Å². The van der Waals surface area contributed by atoms with E-state index in [-0.39, 0.29) is 5.91 Å². The zero-order valence-corrected chi connectivity index (χ0v) is 16.4. The fourth-order valence-corrected chi connectivity index (χ4v) is 4.17. The summed E-state index contributed by atoms with van der Waals surface area (Å²) in [5, 5.41) is 7.65. The van der Waals surface area contributed by atoms with Crippen molar-refractivity contribution in [1.29, 1.82) is 0 Å². The Labute approximate surface area is 158 Å². The van der Waals surface area contributed by atoms with E-state index < -0.39 is 17.7 Å². The number of hydrogen-bond donors (Lipinski definition) is 2. The zero-order chi connectivity index (χ0) is 18.7. The molecule has 6 heteroatoms. The predicted octanol–water partition coefficient (Wildman–Crippen LogP) is 4.03. The van der Waals surface area contributed by atoms with E-state index in [1.165, 1.54) is 17.5 Å². The first-order chi connectivity index (χ1) is 12.3. The molecule has 2 aliphatic rings. The predicted molar refractivity (Wildman–Crippen MR) is 105 cm³/mol. The SMILES string of the molecule is CC(C)(C)OC(=O)NC(C(=O)Nc1ccc2c(c1)CCC2)C1=CSCC1. The minimum atomic E-state index is -0.715. The van der Waals surface area contributed by atoms with Crippen LogP contribution in [0, 0.1) is 0 Å². The summed E-state index contributed by atoms with van der Waals surface area (Å²) in [7, 11) is 0. The molecule has 0 bridgehead atoms. The largest absolute Gasteiger partial charge is 0.444 e. The number of nitrogens with one attached hydrogen (secondary N) is 2. The second-order valence-corrected chi connectivity index (χ2v) is 8.70. The maximum atomic E-state index is 12.9. The number of ether oxygens (including phenoxy) is 1. The number of carbonyl (C=O) groups excluding carboxylic acids is 2. The van der Waals surface area contributed by atoms with Gasteiger partial charge >= 0.3 is 6.09 Å². The molecule has 3 rings (SSSR count). The monoisotopic (exact) mass is 374 g/mol. The van der Waals surface area contributed by atoms with Gasteiger partial charge in [0.1, 0.15) is 11.6 Å². The molecule has 1 aliphatic heterocycles. The Hall–Kier alpha value is -1.95. The van der Waals surface area contributed by atoms with Crippen LogP contribution in [0.5, 0.6) is 0 Å². The molecule has 0 aromatic heterocycles. The average Bonchev–Trinajstić information content (AvgIpc) is 3.21. The van der Waals surface area contributed by atoms with Crippen LogP contribution in [0.4, 0.5) is 10.5 Å². The molecule has 140 valence electrons. The average molecular weight is 375 g/mol. The maximum Gasteiger partial charge on any atom is 0.408 e. The number of thioether (sulfide) groups is 1.